The molecule has 0 saturated carbocycles. The number of aromatic hydroxyl groups is 1. The van der Waals surface area contributed by atoms with Crippen LogP contribution in [0.1, 0.15) is 51.0 Å². The van der Waals surface area contributed by atoms with Crippen molar-refractivity contribution in [2.24, 2.45) is 17.1 Å². The van der Waals surface area contributed by atoms with Crippen molar-refractivity contribution in [2.45, 2.75) is 51.0 Å². The average molecular weight is 678 g/mol. The van der Waals surface area contributed by atoms with E-state index in [0.29, 0.717) is 42.6 Å². The molecule has 0 radical (unpaired) electrons. The van der Waals surface area contributed by atoms with Gasteiger partial charge in [-0.05, 0) is 88.2 Å². The van der Waals surface area contributed by atoms with Crippen molar-refractivity contribution in [3.05, 3.63) is 59.8 Å². The van der Waals surface area contributed by atoms with Gasteiger partial charge in [-0.15, -0.1) is 6.42 Å². The van der Waals surface area contributed by atoms with Gasteiger partial charge in [0.25, 0.3) is 0 Å². The number of carbonyl (C=O) groups is 1. The zero-order chi connectivity index (χ0) is 35.2. The van der Waals surface area contributed by atoms with Crippen molar-refractivity contribution in [2.75, 3.05) is 37.7 Å². The first-order valence-electron chi connectivity index (χ1n) is 16.9. The fourth-order valence-electron chi connectivity index (χ4n) is 8.10. The van der Waals surface area contributed by atoms with E-state index >= 15 is 4.39 Å². The van der Waals surface area contributed by atoms with Crippen LogP contribution in [0.25, 0.3) is 32.9 Å². The van der Waals surface area contributed by atoms with Crippen LogP contribution in [0, 0.1) is 46.6 Å². The monoisotopic (exact) mass is 677 g/mol. The molecular formula is C38H37F2N7O3. The largest absolute Gasteiger partial charge is 0.508 e. The maximum Gasteiger partial charge on any atom is 0.319 e. The maximum atomic E-state index is 17.0. The number of anilines is 1. The van der Waals surface area contributed by atoms with Crippen LogP contribution in [0.4, 0.5) is 14.6 Å². The summed E-state index contributed by atoms with van der Waals surface area (Å²) < 4.78 is 38.3. The summed E-state index contributed by atoms with van der Waals surface area (Å²) in [6, 6.07) is 7.82. The Morgan fingerprint density at radius 3 is 2.66 bits per heavy atom. The Hall–Kier alpha value is -5.33. The Bertz CT molecular complexity index is 2130. The summed E-state index contributed by atoms with van der Waals surface area (Å²) >= 11 is 0. The Labute approximate surface area is 288 Å². The van der Waals surface area contributed by atoms with E-state index in [9.17, 15) is 19.6 Å². The number of rotatable bonds is 7. The summed E-state index contributed by atoms with van der Waals surface area (Å²) in [5, 5.41) is 21.7. The molecule has 3 aliphatic heterocycles. The second-order valence-electron chi connectivity index (χ2n) is 13.8. The van der Waals surface area contributed by atoms with Crippen LogP contribution in [0.2, 0.25) is 0 Å². The molecule has 12 heteroatoms. The van der Waals surface area contributed by atoms with Gasteiger partial charge in [-0.25, -0.2) is 8.78 Å². The van der Waals surface area contributed by atoms with Crippen LogP contribution < -0.4 is 15.4 Å². The lowest BCUT2D eigenvalue weighted by molar-refractivity contribution is -0.113. The molecule has 7 rings (SSSR count). The number of ether oxygens (including phenoxy) is 1. The van der Waals surface area contributed by atoms with Gasteiger partial charge in [-0.3, -0.25) is 14.7 Å². The molecule has 3 fully saturated rings. The first-order valence-corrected chi connectivity index (χ1v) is 16.9. The number of terminal acetylenes is 1. The number of nitrogens with zero attached hydrogens (tertiary/aromatic N) is 6. The number of phenolic OH excluding ortho intramolecular Hbond substituents is 1. The Morgan fingerprint density at radius 1 is 1.18 bits per heavy atom. The van der Waals surface area contributed by atoms with Gasteiger partial charge < -0.3 is 20.5 Å². The summed E-state index contributed by atoms with van der Waals surface area (Å²) in [5.74, 6) is 0.0459. The third-order valence-electron chi connectivity index (χ3n) is 10.8. The van der Waals surface area contributed by atoms with Crippen LogP contribution in [0.15, 0.2) is 42.6 Å². The van der Waals surface area contributed by atoms with E-state index < -0.39 is 28.9 Å². The third kappa shape index (κ3) is 5.73. The summed E-state index contributed by atoms with van der Waals surface area (Å²) in [6.45, 7) is 4.96. The van der Waals surface area contributed by atoms with Gasteiger partial charge in [0.2, 0.25) is 5.91 Å². The van der Waals surface area contributed by atoms with Crippen molar-refractivity contribution in [1.29, 1.82) is 5.26 Å². The zero-order valence-electron chi connectivity index (χ0n) is 27.8. The van der Waals surface area contributed by atoms with E-state index in [2.05, 4.69) is 26.9 Å². The van der Waals surface area contributed by atoms with Gasteiger partial charge in [0.15, 0.2) is 5.82 Å². The standard InChI is InChI=1S/C38H37F2N7O3/c1-3-26-29(39)9-7-23-17-25(48)18-27(31(23)26)33-32(40)34-28(19-43-33)35(45-36(44-34)50-22-38-12-5-15-47(38)16-6-13-38)46-14-4-11-37(2,21-41)24(20-46)8-10-30(42)49/h1,7-10,17-19,24,48H,4-6,11-16,20,22H2,2H3,(H2,42,49)/t24-,37+/m1/s1. The van der Waals surface area contributed by atoms with E-state index in [4.69, 9.17) is 21.9 Å². The number of carbonyl (C=O) groups excluding carboxylic acids is 1. The number of benzene rings is 2. The van der Waals surface area contributed by atoms with Crippen molar-refractivity contribution in [3.63, 3.8) is 0 Å². The lowest BCUT2D eigenvalue weighted by atomic mass is 9.75. The highest BCUT2D eigenvalue weighted by Crippen LogP contribution is 2.42. The molecular weight excluding hydrogens is 640 g/mol. The van der Waals surface area contributed by atoms with Gasteiger partial charge in [-0.1, -0.05) is 18.1 Å². The van der Waals surface area contributed by atoms with Crippen LogP contribution in [-0.4, -0.2) is 69.2 Å². The summed E-state index contributed by atoms with van der Waals surface area (Å²) in [5.41, 5.74) is 4.28. The third-order valence-corrected chi connectivity index (χ3v) is 10.8. The number of primary amides is 1. The minimum atomic E-state index is -0.821. The molecule has 5 heterocycles. The SMILES string of the molecule is C#Cc1c(F)ccc2cc(O)cc(-c3ncc4c(N5CCC[C@@](C)(C#N)[C@H](C=CC(N)=O)C5)nc(OCC56CCCN5CCC6)nc4c3F)c12. The Morgan fingerprint density at radius 2 is 1.94 bits per heavy atom. The second-order valence-corrected chi connectivity index (χ2v) is 13.8. The second kappa shape index (κ2) is 12.8. The first kappa shape index (κ1) is 33.2. The molecule has 0 spiro atoms. The molecule has 3 saturated heterocycles. The molecule has 2 atom stereocenters. The molecule has 0 unspecified atom stereocenters. The minimum Gasteiger partial charge on any atom is -0.508 e. The van der Waals surface area contributed by atoms with E-state index in [-0.39, 0.29) is 51.6 Å². The fraction of sp³-hybridized carbons (Fsp3) is 0.395. The molecule has 4 aromatic rings. The number of pyridine rings is 1. The van der Waals surface area contributed by atoms with Crippen molar-refractivity contribution < 1.29 is 23.4 Å². The normalized spacial score (nSPS) is 22.0. The molecule has 1 amide bonds. The predicted octanol–water partition coefficient (Wildman–Crippen LogP) is 5.61. The minimum absolute atomic E-state index is 0.00989. The fourth-order valence-corrected chi connectivity index (χ4v) is 8.10. The number of aromatic nitrogens is 3. The van der Waals surface area contributed by atoms with Crippen molar-refractivity contribution in [3.8, 4) is 41.4 Å². The highest BCUT2D eigenvalue weighted by molar-refractivity contribution is 6.03. The Kier molecular flexibility index (Phi) is 8.53. The first-order chi connectivity index (χ1) is 24.1. The average Bonchev–Trinajstić information content (AvgIpc) is 3.64. The molecule has 2 aromatic carbocycles. The molecule has 0 aliphatic carbocycles. The quantitative estimate of drug-likeness (QED) is 0.189. The molecule has 3 N–H and O–H groups in total. The smallest absolute Gasteiger partial charge is 0.319 e. The van der Waals surface area contributed by atoms with Gasteiger partial charge in [0.1, 0.15) is 35.2 Å². The van der Waals surface area contributed by atoms with E-state index in [0.717, 1.165) is 38.8 Å². The zero-order valence-corrected chi connectivity index (χ0v) is 27.8. The molecule has 3 aliphatic rings. The highest BCUT2D eigenvalue weighted by Gasteiger charge is 2.45. The van der Waals surface area contributed by atoms with Crippen molar-refractivity contribution >= 4 is 33.4 Å². The van der Waals surface area contributed by atoms with Gasteiger partial charge in [0, 0.05) is 36.2 Å². The van der Waals surface area contributed by atoms with Crippen LogP contribution in [0.3, 0.4) is 0 Å². The highest BCUT2D eigenvalue weighted by atomic mass is 19.1. The van der Waals surface area contributed by atoms with Crippen molar-refractivity contribution in [1.82, 2.24) is 19.9 Å². The molecule has 50 heavy (non-hydrogen) atoms. The lowest BCUT2D eigenvalue weighted by Gasteiger charge is -2.32. The van der Waals surface area contributed by atoms with Crippen LogP contribution in [0.5, 0.6) is 11.8 Å². The van der Waals surface area contributed by atoms with Gasteiger partial charge >= 0.3 is 6.01 Å². The summed E-state index contributed by atoms with van der Waals surface area (Å²) in [4.78, 5) is 30.0. The number of hydrogen-bond donors (Lipinski definition) is 2. The van der Waals surface area contributed by atoms with E-state index in [1.807, 2.05) is 11.8 Å². The van der Waals surface area contributed by atoms with Gasteiger partial charge in [-0.2, -0.15) is 15.2 Å². The molecule has 2 aromatic heterocycles. The summed E-state index contributed by atoms with van der Waals surface area (Å²) in [7, 11) is 0. The van der Waals surface area contributed by atoms with Gasteiger partial charge in [0.05, 0.1) is 28.0 Å². The maximum absolute atomic E-state index is 17.0. The predicted molar refractivity (Wildman–Crippen MR) is 185 cm³/mol. The molecule has 0 bridgehead atoms. The number of amides is 1. The number of halogens is 2. The van der Waals surface area contributed by atoms with E-state index in [1.54, 1.807) is 6.08 Å². The lowest BCUT2D eigenvalue weighted by Crippen LogP contribution is -2.43. The Balaban J connectivity index is 1.39. The number of nitrogens with two attached hydrogens (primary N) is 1. The van der Waals surface area contributed by atoms with E-state index in [1.165, 1.54) is 36.5 Å². The number of fused-ring (bicyclic) bond motifs is 3. The van der Waals surface area contributed by atoms with Crippen LogP contribution in [-0.2, 0) is 4.79 Å². The molecule has 256 valence electrons. The topological polar surface area (TPSA) is 141 Å². The number of hydrogen-bond acceptors (Lipinski definition) is 9. The number of phenols is 1. The molecule has 10 nitrogen and oxygen atoms in total. The summed E-state index contributed by atoms with van der Waals surface area (Å²) in [6.07, 6.45) is 15.4. The van der Waals surface area contributed by atoms with Crippen LogP contribution >= 0.6 is 0 Å². The number of nitriles is 1.